The third-order valence-corrected chi connectivity index (χ3v) is 0. The van der Waals surface area contributed by atoms with Crippen LogP contribution >= 0.6 is 0 Å². The van der Waals surface area contributed by atoms with Crippen LogP contribution in [0.1, 0.15) is 0 Å². The Hall–Kier alpha value is 0.487. The quantitative estimate of drug-likeness (QED) is 0.572. The van der Waals surface area contributed by atoms with Gasteiger partial charge in [0.2, 0.25) is 0 Å². The van der Waals surface area contributed by atoms with Gasteiger partial charge in [0.25, 0.3) is 0 Å². The van der Waals surface area contributed by atoms with E-state index in [-0.39, 0.29) is 0 Å². The third-order valence-electron chi connectivity index (χ3n) is 0. The van der Waals surface area contributed by atoms with E-state index < -0.39 is 30.6 Å². The average Bonchev–Trinajstić information content (AvgIpc) is 1.25. The fourth-order valence-corrected chi connectivity index (χ4v) is 0. The molecular weight excluding hydrogens is 227 g/mol. The van der Waals surface area contributed by atoms with Crippen LogP contribution in [-0.2, 0) is 4.46 Å². The normalized spacial score (nSPS) is 6.38. The summed E-state index contributed by atoms with van der Waals surface area (Å²) in [5.74, 6) is 0. The van der Waals surface area contributed by atoms with E-state index in [1.807, 2.05) is 0 Å². The predicted molar refractivity (Wildman–Crippen MR) is 34.2 cm³/mol. The van der Waals surface area contributed by atoms with E-state index in [9.17, 15) is 0 Å². The van der Waals surface area contributed by atoms with Gasteiger partial charge < -0.3 is 9.59 Å². The molecule has 8 heavy (non-hydrogen) atoms. The summed E-state index contributed by atoms with van der Waals surface area (Å²) in [7, 11) is -3.13. The maximum absolute atomic E-state index is 8.74. The zero-order valence-electron chi connectivity index (χ0n) is 5.38. The van der Waals surface area contributed by atoms with Gasteiger partial charge in [0.15, 0.2) is 0 Å². The summed E-state index contributed by atoms with van der Waals surface area (Å²) in [4.78, 5) is 14.3. The van der Waals surface area contributed by atoms with Crippen molar-refractivity contribution >= 4 is 30.6 Å². The van der Waals surface area contributed by atoms with Crippen LogP contribution in [0.25, 0.3) is 0 Å². The molecule has 2 N–H and O–H groups in total. The second-order valence-corrected chi connectivity index (χ2v) is 12.5. The molecule has 0 rings (SSSR count). The topological polar surface area (TPSA) is 57.5 Å². The maximum atomic E-state index is 8.74. The molecule has 5 heteroatoms. The van der Waals surface area contributed by atoms with Crippen molar-refractivity contribution in [3.63, 3.8) is 0 Å². The van der Waals surface area contributed by atoms with Gasteiger partial charge in [-0.3, -0.25) is 4.46 Å². The van der Waals surface area contributed by atoms with Crippen LogP contribution in [0.2, 0.25) is 14.0 Å². The van der Waals surface area contributed by atoms with Gasteiger partial charge in [-0.25, -0.2) is 0 Å². The summed E-state index contributed by atoms with van der Waals surface area (Å²) in [6, 6.07) is 0. The Kier molecular flexibility index (Phi) is 10.6. The second kappa shape index (κ2) is 7.49. The molecule has 0 unspecified atom stereocenters. The first kappa shape index (κ1) is 11.3. The van der Waals surface area contributed by atoms with Crippen LogP contribution in [0, 0.1) is 0 Å². The Morgan fingerprint density at radius 1 is 1.25 bits per heavy atom. The minimum atomic E-state index is -3.13. The molecule has 3 nitrogen and oxygen atoms in total. The van der Waals surface area contributed by atoms with Crippen LogP contribution in [0.3, 0.4) is 0 Å². The van der Waals surface area contributed by atoms with Crippen LogP contribution < -0.4 is 0 Å². The van der Waals surface area contributed by atoms with Crippen molar-refractivity contribution in [2.45, 2.75) is 14.0 Å². The first-order valence-electron chi connectivity index (χ1n) is 2.38. The molecule has 0 fully saturated rings. The van der Waals surface area contributed by atoms with Crippen molar-refractivity contribution in [3.8, 4) is 0 Å². The number of hydrogen-bond donors (Lipinski definition) is 2. The Bertz CT molecular complexity index is 58.8. The molecule has 0 aromatic rings. The second-order valence-electron chi connectivity index (χ2n) is 2.01. The zero-order chi connectivity index (χ0) is 7.15. The van der Waals surface area contributed by atoms with Crippen LogP contribution in [0.5, 0.6) is 0 Å². The Balaban J connectivity index is 0. The van der Waals surface area contributed by atoms with Gasteiger partial charge in [-0.2, -0.15) is 0 Å². The summed E-state index contributed by atoms with van der Waals surface area (Å²) >= 11 is -0.637. The van der Waals surface area contributed by atoms with Crippen molar-refractivity contribution < 1.29 is 14.1 Å². The van der Waals surface area contributed by atoms with Gasteiger partial charge in [0.05, 0.1) is 0 Å². The van der Waals surface area contributed by atoms with Gasteiger partial charge in [-0.15, -0.1) is 0 Å². The first-order chi connectivity index (χ1) is 3.46. The SMILES string of the molecule is O=[Si](O)O.[CH3][In]([CH3])[CH3]. The molecule has 0 aliphatic rings. The molecular formula is C3H11InO3Si. The molecule has 48 valence electrons. The summed E-state index contributed by atoms with van der Waals surface area (Å²) in [6.45, 7) is 0. The van der Waals surface area contributed by atoms with E-state index in [1.54, 1.807) is 0 Å². The summed E-state index contributed by atoms with van der Waals surface area (Å²) < 4.78 is 15.9. The van der Waals surface area contributed by atoms with Crippen molar-refractivity contribution in [2.75, 3.05) is 0 Å². The van der Waals surface area contributed by atoms with E-state index in [4.69, 9.17) is 14.1 Å². The molecule has 0 saturated carbocycles. The van der Waals surface area contributed by atoms with Gasteiger partial charge in [0, 0.05) is 0 Å². The molecule has 0 atom stereocenters. The van der Waals surface area contributed by atoms with Gasteiger partial charge >= 0.3 is 44.6 Å². The molecule has 0 bridgehead atoms. The Morgan fingerprint density at radius 3 is 1.25 bits per heavy atom. The van der Waals surface area contributed by atoms with Gasteiger partial charge in [-0.05, 0) is 0 Å². The summed E-state index contributed by atoms with van der Waals surface area (Å²) in [5, 5.41) is 0. The monoisotopic (exact) mass is 238 g/mol. The molecule has 0 radical (unpaired) electrons. The predicted octanol–water partition coefficient (Wildman–Crippen LogP) is -0.243. The average molecular weight is 238 g/mol. The standard InChI is InChI=1S/3CH3.In.H2O3Si/c;;;;1-4(2)3/h3*1H3;;1-2H. The van der Waals surface area contributed by atoms with E-state index >= 15 is 0 Å². The van der Waals surface area contributed by atoms with Gasteiger partial charge in [0.1, 0.15) is 0 Å². The van der Waals surface area contributed by atoms with E-state index in [2.05, 4.69) is 14.0 Å². The van der Waals surface area contributed by atoms with Crippen molar-refractivity contribution in [1.82, 2.24) is 0 Å². The summed E-state index contributed by atoms with van der Waals surface area (Å²) in [6.07, 6.45) is 0. The molecule has 0 amide bonds. The Morgan fingerprint density at radius 2 is 1.25 bits per heavy atom. The van der Waals surface area contributed by atoms with Crippen LogP contribution in [0.4, 0.5) is 0 Å². The van der Waals surface area contributed by atoms with Gasteiger partial charge in [-0.1, -0.05) is 0 Å². The van der Waals surface area contributed by atoms with Crippen molar-refractivity contribution in [2.24, 2.45) is 0 Å². The van der Waals surface area contributed by atoms with Crippen molar-refractivity contribution in [3.05, 3.63) is 0 Å². The zero-order valence-corrected chi connectivity index (χ0v) is 9.68. The van der Waals surface area contributed by atoms with E-state index in [1.165, 1.54) is 0 Å². The van der Waals surface area contributed by atoms with Crippen LogP contribution in [0.15, 0.2) is 0 Å². The Labute approximate surface area is 58.8 Å². The molecule has 0 aromatic heterocycles. The molecule has 0 aliphatic heterocycles. The molecule has 0 aliphatic carbocycles. The first-order valence-corrected chi connectivity index (χ1v) is 13.6. The number of hydrogen-bond acceptors (Lipinski definition) is 1. The van der Waals surface area contributed by atoms with E-state index in [0.29, 0.717) is 0 Å². The molecule has 0 heterocycles. The summed E-state index contributed by atoms with van der Waals surface area (Å²) in [5.41, 5.74) is 0. The third kappa shape index (κ3) is 823. The fraction of sp³-hybridized carbons (Fsp3) is 1.00. The number of rotatable bonds is 0. The van der Waals surface area contributed by atoms with E-state index in [0.717, 1.165) is 0 Å². The fourth-order valence-electron chi connectivity index (χ4n) is 0. The van der Waals surface area contributed by atoms with Crippen LogP contribution in [-0.4, -0.2) is 40.2 Å². The molecule has 0 saturated heterocycles. The molecule has 0 aromatic carbocycles. The molecule has 0 spiro atoms. The van der Waals surface area contributed by atoms with Crippen molar-refractivity contribution in [1.29, 1.82) is 0 Å². The minimum absolute atomic E-state index is 0.637.